The number of nitrogens with zero attached hydrogens (tertiary/aromatic N) is 5. The number of imide groups is 1. The molecule has 1 fully saturated rings. The van der Waals surface area contributed by atoms with Crippen LogP contribution in [0.1, 0.15) is 48.3 Å². The fourth-order valence-electron chi connectivity index (χ4n) is 4.17. The molecule has 0 radical (unpaired) electrons. The van der Waals surface area contributed by atoms with Gasteiger partial charge in [0.1, 0.15) is 11.7 Å². The molecule has 0 bridgehead atoms. The Labute approximate surface area is 195 Å². The average Bonchev–Trinajstić information content (AvgIpc) is 3.43. The number of carbonyl (C=O) groups is 3. The summed E-state index contributed by atoms with van der Waals surface area (Å²) in [5.41, 5.74) is 3.61. The van der Waals surface area contributed by atoms with E-state index in [9.17, 15) is 14.4 Å². The fourth-order valence-corrected chi connectivity index (χ4v) is 4.17. The standard InChI is InChI=1S/C24H24N6O4/c1-14(2)34-13-17-4-3-5-21(25-17)30-12-19(27-28-30)15-6-7-18-16(10-15)11-29(24(18)33)20-8-9-22(31)26-23(20)32/h3-7,10,12,14,20H,8-9,11,13H2,1-2H3,(H,26,31,32). The van der Waals surface area contributed by atoms with E-state index in [1.54, 1.807) is 16.9 Å². The Balaban J connectivity index is 1.35. The van der Waals surface area contributed by atoms with Crippen molar-refractivity contribution in [1.82, 2.24) is 30.2 Å². The second-order valence-electron chi connectivity index (χ2n) is 8.67. The van der Waals surface area contributed by atoms with E-state index >= 15 is 0 Å². The molecular formula is C24H24N6O4. The van der Waals surface area contributed by atoms with Crippen LogP contribution < -0.4 is 5.32 Å². The van der Waals surface area contributed by atoms with Gasteiger partial charge in [0, 0.05) is 24.1 Å². The second kappa shape index (κ2) is 8.79. The Bertz CT molecular complexity index is 1280. The summed E-state index contributed by atoms with van der Waals surface area (Å²) >= 11 is 0. The van der Waals surface area contributed by atoms with E-state index in [0.717, 1.165) is 16.8 Å². The summed E-state index contributed by atoms with van der Waals surface area (Å²) in [7, 11) is 0. The van der Waals surface area contributed by atoms with E-state index < -0.39 is 11.9 Å². The van der Waals surface area contributed by atoms with Crippen LogP contribution in [0.5, 0.6) is 0 Å². The van der Waals surface area contributed by atoms with Crippen LogP contribution in [0.25, 0.3) is 17.1 Å². The van der Waals surface area contributed by atoms with E-state index in [1.165, 1.54) is 4.90 Å². The molecule has 10 heteroatoms. The van der Waals surface area contributed by atoms with E-state index in [1.807, 2.05) is 44.2 Å². The summed E-state index contributed by atoms with van der Waals surface area (Å²) in [6.07, 6.45) is 2.45. The maximum absolute atomic E-state index is 12.9. The predicted octanol–water partition coefficient (Wildman–Crippen LogP) is 2.02. The van der Waals surface area contributed by atoms with Crippen LogP contribution >= 0.6 is 0 Å². The molecule has 1 saturated heterocycles. The number of pyridine rings is 1. The van der Waals surface area contributed by atoms with Crippen molar-refractivity contribution in [2.45, 2.75) is 52.0 Å². The first-order valence-corrected chi connectivity index (χ1v) is 11.2. The number of fused-ring (bicyclic) bond motifs is 1. The Hall–Kier alpha value is -3.92. The summed E-state index contributed by atoms with van der Waals surface area (Å²) < 4.78 is 7.23. The Morgan fingerprint density at radius 2 is 2.03 bits per heavy atom. The Kier molecular flexibility index (Phi) is 5.66. The first-order chi connectivity index (χ1) is 16.4. The van der Waals surface area contributed by atoms with Crippen molar-refractivity contribution >= 4 is 17.7 Å². The molecule has 2 aliphatic heterocycles. The summed E-state index contributed by atoms with van der Waals surface area (Å²) in [5.74, 6) is -0.300. The van der Waals surface area contributed by atoms with Crippen LogP contribution in [-0.4, -0.2) is 54.7 Å². The van der Waals surface area contributed by atoms with E-state index in [2.05, 4.69) is 20.6 Å². The van der Waals surface area contributed by atoms with Gasteiger partial charge in [0.2, 0.25) is 11.8 Å². The van der Waals surface area contributed by atoms with Crippen molar-refractivity contribution in [1.29, 1.82) is 0 Å². The number of amides is 3. The number of rotatable bonds is 6. The van der Waals surface area contributed by atoms with Gasteiger partial charge in [-0.25, -0.2) is 9.67 Å². The zero-order valence-electron chi connectivity index (χ0n) is 18.9. The van der Waals surface area contributed by atoms with Crippen LogP contribution in [-0.2, 0) is 27.5 Å². The number of ether oxygens (including phenoxy) is 1. The molecule has 1 atom stereocenters. The molecule has 4 heterocycles. The minimum atomic E-state index is -0.639. The van der Waals surface area contributed by atoms with Gasteiger partial charge >= 0.3 is 0 Å². The third-order valence-electron chi connectivity index (χ3n) is 5.90. The van der Waals surface area contributed by atoms with Crippen LogP contribution in [0.15, 0.2) is 42.6 Å². The number of hydrogen-bond acceptors (Lipinski definition) is 7. The number of nitrogens with one attached hydrogen (secondary N) is 1. The molecule has 34 heavy (non-hydrogen) atoms. The molecule has 10 nitrogen and oxygen atoms in total. The van der Waals surface area contributed by atoms with Gasteiger partial charge in [-0.1, -0.05) is 17.3 Å². The van der Waals surface area contributed by atoms with E-state index in [0.29, 0.717) is 36.6 Å². The SMILES string of the molecule is CC(C)OCc1cccc(-n2cc(-c3ccc4c(c3)CN(C3CCC(=O)NC3=O)C4=O)nn2)n1. The first-order valence-electron chi connectivity index (χ1n) is 11.2. The minimum absolute atomic E-state index is 0.112. The van der Waals surface area contributed by atoms with Crippen molar-refractivity contribution in [3.8, 4) is 17.1 Å². The van der Waals surface area contributed by atoms with Crippen molar-refractivity contribution < 1.29 is 19.1 Å². The van der Waals surface area contributed by atoms with Crippen LogP contribution in [0.4, 0.5) is 0 Å². The maximum atomic E-state index is 12.9. The van der Waals surface area contributed by atoms with Crippen LogP contribution in [0, 0.1) is 0 Å². The molecule has 0 saturated carbocycles. The molecule has 0 spiro atoms. The third-order valence-corrected chi connectivity index (χ3v) is 5.90. The summed E-state index contributed by atoms with van der Waals surface area (Å²) in [4.78, 5) is 42.7. The number of carbonyl (C=O) groups excluding carboxylic acids is 3. The zero-order valence-corrected chi connectivity index (χ0v) is 18.9. The average molecular weight is 460 g/mol. The molecule has 3 amide bonds. The van der Waals surface area contributed by atoms with Gasteiger partial charge in [-0.3, -0.25) is 19.7 Å². The number of piperidine rings is 1. The molecule has 174 valence electrons. The van der Waals surface area contributed by atoms with Gasteiger partial charge < -0.3 is 9.64 Å². The molecule has 3 aromatic rings. The van der Waals surface area contributed by atoms with Gasteiger partial charge in [-0.2, -0.15) is 0 Å². The second-order valence-corrected chi connectivity index (χ2v) is 8.67. The van der Waals surface area contributed by atoms with Crippen molar-refractivity contribution in [2.75, 3.05) is 0 Å². The van der Waals surface area contributed by atoms with E-state index in [4.69, 9.17) is 4.74 Å². The zero-order chi connectivity index (χ0) is 23.8. The summed E-state index contributed by atoms with van der Waals surface area (Å²) in [6, 6.07) is 10.5. The van der Waals surface area contributed by atoms with Crippen LogP contribution in [0.2, 0.25) is 0 Å². The minimum Gasteiger partial charge on any atom is -0.373 e. The van der Waals surface area contributed by atoms with E-state index in [-0.39, 0.29) is 24.3 Å². The Morgan fingerprint density at radius 1 is 1.18 bits per heavy atom. The number of benzene rings is 1. The first kappa shape index (κ1) is 21.9. The molecule has 5 rings (SSSR count). The largest absolute Gasteiger partial charge is 0.373 e. The van der Waals surface area contributed by atoms with Crippen molar-refractivity contribution in [3.05, 3.63) is 59.4 Å². The summed E-state index contributed by atoms with van der Waals surface area (Å²) in [6.45, 7) is 4.67. The molecule has 0 aliphatic carbocycles. The van der Waals surface area contributed by atoms with Crippen molar-refractivity contribution in [3.63, 3.8) is 0 Å². The highest BCUT2D eigenvalue weighted by atomic mass is 16.5. The lowest BCUT2D eigenvalue weighted by Gasteiger charge is -2.29. The molecule has 1 unspecified atom stereocenters. The highest BCUT2D eigenvalue weighted by molar-refractivity contribution is 6.05. The lowest BCUT2D eigenvalue weighted by molar-refractivity contribution is -0.136. The van der Waals surface area contributed by atoms with Gasteiger partial charge in [0.05, 0.1) is 24.6 Å². The van der Waals surface area contributed by atoms with Crippen molar-refractivity contribution in [2.24, 2.45) is 0 Å². The normalized spacial score (nSPS) is 17.9. The smallest absolute Gasteiger partial charge is 0.255 e. The quantitative estimate of drug-likeness (QED) is 0.559. The molecule has 2 aromatic heterocycles. The van der Waals surface area contributed by atoms with Gasteiger partial charge in [0.15, 0.2) is 5.82 Å². The topological polar surface area (TPSA) is 119 Å². The number of hydrogen-bond donors (Lipinski definition) is 1. The van der Waals surface area contributed by atoms with Gasteiger partial charge in [-0.05, 0) is 50.1 Å². The maximum Gasteiger partial charge on any atom is 0.255 e. The number of aromatic nitrogens is 4. The highest BCUT2D eigenvalue weighted by Gasteiger charge is 2.39. The molecular weight excluding hydrogens is 436 g/mol. The molecule has 1 aromatic carbocycles. The molecule has 1 N–H and O–H groups in total. The molecule has 2 aliphatic rings. The van der Waals surface area contributed by atoms with Gasteiger partial charge in [-0.15, -0.1) is 5.10 Å². The lowest BCUT2D eigenvalue weighted by Crippen LogP contribution is -2.52. The highest BCUT2D eigenvalue weighted by Crippen LogP contribution is 2.30. The lowest BCUT2D eigenvalue weighted by atomic mass is 10.0. The predicted molar refractivity (Wildman–Crippen MR) is 121 cm³/mol. The Morgan fingerprint density at radius 3 is 2.82 bits per heavy atom. The van der Waals surface area contributed by atoms with Gasteiger partial charge in [0.25, 0.3) is 5.91 Å². The fraction of sp³-hybridized carbons (Fsp3) is 0.333. The van der Waals surface area contributed by atoms with Crippen LogP contribution in [0.3, 0.4) is 0 Å². The third kappa shape index (κ3) is 4.19. The summed E-state index contributed by atoms with van der Waals surface area (Å²) in [5, 5.41) is 10.8. The monoisotopic (exact) mass is 460 g/mol.